The van der Waals surface area contributed by atoms with Crippen LogP contribution in [0.5, 0.6) is 0 Å². The molecule has 0 saturated carbocycles. The van der Waals surface area contributed by atoms with Crippen molar-refractivity contribution in [2.24, 2.45) is 0 Å². The molecule has 1 rings (SSSR count). The molecule has 0 aromatic heterocycles. The number of hydrogen-bond donors (Lipinski definition) is 0. The van der Waals surface area contributed by atoms with E-state index in [0.717, 1.165) is 25.7 Å². The fraction of sp³-hybridized carbons (Fsp3) is 0.667. The molecule has 0 aliphatic carbocycles. The van der Waals surface area contributed by atoms with E-state index in [-0.39, 0.29) is 39.8 Å². The maximum absolute atomic E-state index is 11.6. The van der Waals surface area contributed by atoms with E-state index in [2.05, 4.69) is 32.6 Å². The first kappa shape index (κ1) is 23.2. The Hall–Kier alpha value is -0.800. The van der Waals surface area contributed by atoms with Gasteiger partial charge < -0.3 is 13.9 Å². The van der Waals surface area contributed by atoms with E-state index < -0.39 is 0 Å². The lowest BCUT2D eigenvalue weighted by atomic mass is 10.2. The lowest BCUT2D eigenvalue weighted by Crippen LogP contribution is -2.39. The van der Waals surface area contributed by atoms with Crippen LogP contribution in [0.4, 0.5) is 11.4 Å². The van der Waals surface area contributed by atoms with Gasteiger partial charge in [-0.15, -0.1) is 0 Å². The van der Waals surface area contributed by atoms with Gasteiger partial charge in [-0.2, -0.15) is 0 Å². The zero-order valence-electron chi connectivity index (χ0n) is 16.2. The second kappa shape index (κ2) is 13.4. The average Bonchev–Trinajstić information content (AvgIpc) is 2.65. The number of benzene rings is 1. The van der Waals surface area contributed by atoms with Gasteiger partial charge in [-0.3, -0.25) is 10.1 Å². The summed E-state index contributed by atoms with van der Waals surface area (Å²) in [7, 11) is 0.559. The molecule has 0 bridgehead atoms. The predicted molar refractivity (Wildman–Crippen MR) is 113 cm³/mol. The summed E-state index contributed by atoms with van der Waals surface area (Å²) >= 11 is 0. The summed E-state index contributed by atoms with van der Waals surface area (Å²) in [4.78, 5) is 13.5. The van der Waals surface area contributed by atoms with E-state index in [1.165, 1.54) is 0 Å². The largest absolute Gasteiger partial charge is 0.360 e. The van der Waals surface area contributed by atoms with Crippen LogP contribution in [-0.4, -0.2) is 29.7 Å². The minimum Gasteiger partial charge on any atom is -0.360 e. The van der Waals surface area contributed by atoms with Crippen LogP contribution in [0.2, 0.25) is 0 Å². The summed E-state index contributed by atoms with van der Waals surface area (Å²) in [6.45, 7) is 9.81. The molecule has 1 aromatic carbocycles. The minimum atomic E-state index is -0.298. The quantitative estimate of drug-likeness (QED) is 0.167. The number of nitro benzene ring substituents is 1. The molecule has 0 heterocycles. The Morgan fingerprint density at radius 3 is 1.92 bits per heavy atom. The van der Waals surface area contributed by atoms with Crippen molar-refractivity contribution in [2.75, 3.05) is 18.1 Å². The third kappa shape index (κ3) is 7.08. The molecule has 0 radical (unpaired) electrons. The molecule has 1 aromatic rings. The summed E-state index contributed by atoms with van der Waals surface area (Å²) in [5, 5.41) is 11.6. The Morgan fingerprint density at radius 2 is 1.50 bits per heavy atom. The molecule has 0 aliphatic rings. The van der Waals surface area contributed by atoms with Gasteiger partial charge in [-0.25, -0.2) is 0 Å². The van der Waals surface area contributed by atoms with Crippen LogP contribution in [0.3, 0.4) is 0 Å². The Kier molecular flexibility index (Phi) is 12.0. The van der Waals surface area contributed by atoms with Gasteiger partial charge in [0.05, 0.1) is 29.7 Å². The first-order valence-corrected chi connectivity index (χ1v) is 11.3. The van der Waals surface area contributed by atoms with E-state index in [9.17, 15) is 10.1 Å². The zero-order valence-corrected chi connectivity index (χ0v) is 18.2. The van der Waals surface area contributed by atoms with Crippen LogP contribution in [0, 0.1) is 10.1 Å². The van der Waals surface area contributed by atoms with Crippen LogP contribution >= 0.6 is 17.6 Å². The second-order valence-electron chi connectivity index (χ2n) is 5.93. The molecule has 0 N–H and O–H groups in total. The Bertz CT molecular complexity index is 516. The highest BCUT2D eigenvalue weighted by Crippen LogP contribution is 2.42. The monoisotopic (exact) mass is 402 g/mol. The van der Waals surface area contributed by atoms with Crippen molar-refractivity contribution in [3.05, 3.63) is 34.4 Å². The molecule has 26 heavy (non-hydrogen) atoms. The smallest absolute Gasteiger partial charge is 0.292 e. The predicted octanol–water partition coefficient (Wildman–Crippen LogP) is 5.91. The lowest BCUT2D eigenvalue weighted by molar-refractivity contribution is -0.384. The molecule has 8 heteroatoms. The van der Waals surface area contributed by atoms with Gasteiger partial charge in [0.2, 0.25) is 0 Å². The number of anilines is 1. The average molecular weight is 402 g/mol. The van der Waals surface area contributed by atoms with Crippen molar-refractivity contribution in [1.29, 1.82) is 0 Å². The molecule has 0 aliphatic heterocycles. The highest BCUT2D eigenvalue weighted by molar-refractivity contribution is 7.34. The van der Waals surface area contributed by atoms with Crippen LogP contribution < -0.4 is 4.90 Å². The third-order valence-corrected chi connectivity index (χ3v) is 6.51. The van der Waals surface area contributed by atoms with E-state index in [0.29, 0.717) is 18.9 Å². The summed E-state index contributed by atoms with van der Waals surface area (Å²) < 4.78 is 11.7. The second-order valence-corrected chi connectivity index (χ2v) is 8.32. The van der Waals surface area contributed by atoms with Crippen molar-refractivity contribution in [1.82, 2.24) is 0 Å². The summed E-state index contributed by atoms with van der Waals surface area (Å²) in [5.41, 5.74) is 0.807. The molecule has 0 saturated heterocycles. The number of nitro groups is 1. The minimum absolute atomic E-state index is 0.102. The Labute approximate surface area is 160 Å². The van der Waals surface area contributed by atoms with Crippen molar-refractivity contribution in [2.45, 2.75) is 64.9 Å². The Balaban J connectivity index is 3.20. The highest BCUT2D eigenvalue weighted by atomic mass is 31.1. The molecule has 0 fully saturated rings. The van der Waals surface area contributed by atoms with Crippen LogP contribution in [-0.2, 0) is 9.05 Å². The van der Waals surface area contributed by atoms with Crippen molar-refractivity contribution in [3.8, 4) is 0 Å². The molecule has 148 valence electrons. The highest BCUT2D eigenvalue weighted by Gasteiger charge is 2.30. The third-order valence-electron chi connectivity index (χ3n) is 3.85. The fourth-order valence-electron chi connectivity index (χ4n) is 2.58. The van der Waals surface area contributed by atoms with Gasteiger partial charge >= 0.3 is 0 Å². The number of rotatable bonds is 14. The molecule has 0 amide bonds. The van der Waals surface area contributed by atoms with Gasteiger partial charge in [0.25, 0.3) is 5.69 Å². The SMILES string of the molecule is CCCOPC(CC)N(c1ccccc1[N+](=O)[O-])C(CC)POCCC. The van der Waals surface area contributed by atoms with Gasteiger partial charge in [0.1, 0.15) is 5.69 Å². The molecule has 6 nitrogen and oxygen atoms in total. The summed E-state index contributed by atoms with van der Waals surface area (Å²) in [6.07, 6.45) is 3.66. The van der Waals surface area contributed by atoms with E-state index in [4.69, 9.17) is 9.05 Å². The summed E-state index contributed by atoms with van der Waals surface area (Å²) in [6, 6.07) is 7.00. The van der Waals surface area contributed by atoms with Gasteiger partial charge in [-0.1, -0.05) is 39.8 Å². The van der Waals surface area contributed by atoms with Gasteiger partial charge in [0, 0.05) is 23.7 Å². The maximum atomic E-state index is 11.6. The maximum Gasteiger partial charge on any atom is 0.292 e. The first-order valence-electron chi connectivity index (χ1n) is 9.36. The number of hydrogen-bond acceptors (Lipinski definition) is 5. The molecule has 0 spiro atoms. The molecular weight excluding hydrogens is 370 g/mol. The lowest BCUT2D eigenvalue weighted by Gasteiger charge is -2.38. The van der Waals surface area contributed by atoms with Crippen LogP contribution in [0.15, 0.2) is 24.3 Å². The van der Waals surface area contributed by atoms with E-state index in [1.807, 2.05) is 12.1 Å². The van der Waals surface area contributed by atoms with Crippen LogP contribution in [0.1, 0.15) is 53.4 Å². The first-order chi connectivity index (χ1) is 12.6. The van der Waals surface area contributed by atoms with Gasteiger partial charge in [-0.05, 0) is 31.7 Å². The standard InChI is InChI=1S/C18H32N2O4P2/c1-5-13-23-25-17(7-3)19(18(8-4)26-24-14-6-2)15-11-9-10-12-16(15)20(21)22/h9-12,17-18,25-26H,5-8,13-14H2,1-4H3. The number of nitrogens with zero attached hydrogens (tertiary/aromatic N) is 2. The fourth-order valence-corrected chi connectivity index (χ4v) is 4.95. The topological polar surface area (TPSA) is 64.8 Å². The molecule has 4 unspecified atom stereocenters. The van der Waals surface area contributed by atoms with Crippen molar-refractivity contribution in [3.63, 3.8) is 0 Å². The molecular formula is C18H32N2O4P2. The normalized spacial score (nSPS) is 14.3. The zero-order chi connectivity index (χ0) is 19.4. The van der Waals surface area contributed by atoms with E-state index in [1.54, 1.807) is 12.1 Å². The van der Waals surface area contributed by atoms with Crippen LogP contribution in [0.25, 0.3) is 0 Å². The van der Waals surface area contributed by atoms with Crippen molar-refractivity contribution >= 4 is 29.0 Å². The van der Waals surface area contributed by atoms with Crippen molar-refractivity contribution < 1.29 is 14.0 Å². The van der Waals surface area contributed by atoms with Gasteiger partial charge in [0.15, 0.2) is 0 Å². The van der Waals surface area contributed by atoms with E-state index >= 15 is 0 Å². The number of para-hydroxylation sites is 2. The summed E-state index contributed by atoms with van der Waals surface area (Å²) in [5.74, 6) is 0.204. The molecule has 4 atom stereocenters. The Morgan fingerprint density at radius 1 is 1.00 bits per heavy atom.